The third-order valence-electron chi connectivity index (χ3n) is 5.36. The highest BCUT2D eigenvalue weighted by Gasteiger charge is 2.44. The van der Waals surface area contributed by atoms with E-state index in [0.717, 1.165) is 21.0 Å². The van der Waals surface area contributed by atoms with Gasteiger partial charge >= 0.3 is 0 Å². The molecule has 1 aromatic heterocycles. The molecule has 160 valence electrons. The molecular formula is C24H22BrNO5. The number of Topliss-reactive ketones (excluding diaryl/α,β-unsaturated/α-hetero) is 1. The Balaban J connectivity index is 1.78. The van der Waals surface area contributed by atoms with Gasteiger partial charge in [0.1, 0.15) is 5.58 Å². The van der Waals surface area contributed by atoms with E-state index in [2.05, 4.69) is 15.9 Å². The first-order valence-electron chi connectivity index (χ1n) is 9.94. The molecule has 0 radical (unpaired) electrons. The summed E-state index contributed by atoms with van der Waals surface area (Å²) in [4.78, 5) is 27.9. The molecule has 1 N–H and O–H groups in total. The van der Waals surface area contributed by atoms with Crippen LogP contribution in [0.5, 0.6) is 0 Å². The number of methoxy groups -OCH3 is 1. The van der Waals surface area contributed by atoms with E-state index in [1.54, 1.807) is 19.2 Å². The van der Waals surface area contributed by atoms with E-state index in [4.69, 9.17) is 9.15 Å². The van der Waals surface area contributed by atoms with Gasteiger partial charge in [-0.2, -0.15) is 0 Å². The minimum atomic E-state index is -0.697. The van der Waals surface area contributed by atoms with E-state index < -0.39 is 23.5 Å². The zero-order valence-electron chi connectivity index (χ0n) is 17.2. The number of fused-ring (bicyclic) bond motifs is 1. The molecule has 2 aromatic carbocycles. The van der Waals surface area contributed by atoms with Crippen molar-refractivity contribution >= 4 is 38.6 Å². The van der Waals surface area contributed by atoms with E-state index in [0.29, 0.717) is 25.2 Å². The zero-order chi connectivity index (χ0) is 22.1. The molecule has 1 aliphatic rings. The number of rotatable bonds is 7. The van der Waals surface area contributed by atoms with Gasteiger partial charge in [0.2, 0.25) is 5.78 Å². The van der Waals surface area contributed by atoms with E-state index in [1.807, 2.05) is 43.3 Å². The van der Waals surface area contributed by atoms with E-state index in [-0.39, 0.29) is 11.3 Å². The lowest BCUT2D eigenvalue weighted by molar-refractivity contribution is -0.129. The molecule has 3 aromatic rings. The summed E-state index contributed by atoms with van der Waals surface area (Å²) in [6, 6.07) is 14.0. The van der Waals surface area contributed by atoms with Gasteiger partial charge in [-0.05, 0) is 43.2 Å². The number of halogens is 1. The number of nitrogens with zero attached hydrogens (tertiary/aromatic N) is 1. The van der Waals surface area contributed by atoms with Crippen molar-refractivity contribution in [2.45, 2.75) is 19.4 Å². The molecule has 0 bridgehead atoms. The van der Waals surface area contributed by atoms with Gasteiger partial charge in [0.05, 0.1) is 11.6 Å². The maximum Gasteiger partial charge on any atom is 0.290 e. The third kappa shape index (κ3) is 4.03. The maximum atomic E-state index is 13.5. The molecule has 0 saturated carbocycles. The highest BCUT2D eigenvalue weighted by atomic mass is 79.9. The summed E-state index contributed by atoms with van der Waals surface area (Å²) in [5, 5.41) is 11.5. The van der Waals surface area contributed by atoms with E-state index in [9.17, 15) is 14.7 Å². The first kappa shape index (κ1) is 21.3. The maximum absolute atomic E-state index is 13.5. The predicted molar refractivity (Wildman–Crippen MR) is 120 cm³/mol. The average Bonchev–Trinajstić information content (AvgIpc) is 3.27. The predicted octanol–water partition coefficient (Wildman–Crippen LogP) is 5.12. The third-order valence-corrected chi connectivity index (χ3v) is 5.85. The number of aliphatic hydroxyl groups excluding tert-OH is 1. The Kier molecular flexibility index (Phi) is 5.98. The lowest BCUT2D eigenvalue weighted by Gasteiger charge is -2.26. The summed E-state index contributed by atoms with van der Waals surface area (Å²) in [5.41, 5.74) is 2.34. The highest BCUT2D eigenvalue weighted by molar-refractivity contribution is 9.10. The van der Waals surface area contributed by atoms with Gasteiger partial charge in [0, 0.05) is 30.1 Å². The van der Waals surface area contributed by atoms with Crippen LogP contribution in [0.4, 0.5) is 0 Å². The number of aryl methyl sites for hydroxylation is 1. The standard InChI is InChI=1S/C24H22BrNO5/c1-14-5-3-6-15(11-14)21-20(23(28)24(29)26(21)9-4-10-30-2)22(27)19-13-16-12-17(25)7-8-18(16)31-19/h3,5-8,11-13,21,28H,4,9-10H2,1-2H3. The topological polar surface area (TPSA) is 80.0 Å². The van der Waals surface area contributed by atoms with Crippen molar-refractivity contribution in [3.05, 3.63) is 81.2 Å². The van der Waals surface area contributed by atoms with Crippen LogP contribution in [0.25, 0.3) is 11.0 Å². The van der Waals surface area contributed by atoms with Crippen LogP contribution in [0.2, 0.25) is 0 Å². The van der Waals surface area contributed by atoms with Crippen molar-refractivity contribution < 1.29 is 23.8 Å². The minimum Gasteiger partial charge on any atom is -0.503 e. The smallest absolute Gasteiger partial charge is 0.290 e. The number of amides is 1. The van der Waals surface area contributed by atoms with Gasteiger partial charge < -0.3 is 19.2 Å². The van der Waals surface area contributed by atoms with Crippen LogP contribution < -0.4 is 0 Å². The van der Waals surface area contributed by atoms with Gasteiger partial charge in [-0.25, -0.2) is 0 Å². The average molecular weight is 484 g/mol. The number of ketones is 1. The van der Waals surface area contributed by atoms with Crippen LogP contribution in [0.1, 0.15) is 34.1 Å². The number of carbonyl (C=O) groups is 2. The van der Waals surface area contributed by atoms with Crippen molar-refractivity contribution in [2.24, 2.45) is 0 Å². The Bertz CT molecular complexity index is 1200. The second-order valence-electron chi connectivity index (χ2n) is 7.55. The highest BCUT2D eigenvalue weighted by Crippen LogP contribution is 2.40. The van der Waals surface area contributed by atoms with Crippen molar-refractivity contribution in [2.75, 3.05) is 20.3 Å². The first-order valence-corrected chi connectivity index (χ1v) is 10.7. The van der Waals surface area contributed by atoms with Crippen LogP contribution in [0, 0.1) is 6.92 Å². The molecule has 7 heteroatoms. The molecule has 31 heavy (non-hydrogen) atoms. The number of benzene rings is 2. The lowest BCUT2D eigenvalue weighted by Crippen LogP contribution is -2.32. The molecule has 1 unspecified atom stereocenters. The second-order valence-corrected chi connectivity index (χ2v) is 8.46. The Morgan fingerprint density at radius 2 is 2.03 bits per heavy atom. The van der Waals surface area contributed by atoms with E-state index >= 15 is 0 Å². The Morgan fingerprint density at radius 1 is 1.23 bits per heavy atom. The second kappa shape index (κ2) is 8.69. The number of furan rings is 1. The minimum absolute atomic E-state index is 0.0335. The van der Waals surface area contributed by atoms with Crippen LogP contribution in [-0.4, -0.2) is 42.0 Å². The van der Waals surface area contributed by atoms with Crippen molar-refractivity contribution in [1.29, 1.82) is 0 Å². The fourth-order valence-corrected chi connectivity index (χ4v) is 4.32. The lowest BCUT2D eigenvalue weighted by atomic mass is 9.94. The normalized spacial score (nSPS) is 16.5. The first-order chi connectivity index (χ1) is 14.9. The number of carbonyl (C=O) groups excluding carboxylic acids is 2. The Hall–Kier alpha value is -2.90. The fourth-order valence-electron chi connectivity index (χ4n) is 3.94. The summed E-state index contributed by atoms with van der Waals surface area (Å²) in [6.45, 7) is 2.75. The van der Waals surface area contributed by atoms with Gasteiger partial charge in [-0.1, -0.05) is 45.8 Å². The summed E-state index contributed by atoms with van der Waals surface area (Å²) < 4.78 is 11.7. The number of hydrogen-bond acceptors (Lipinski definition) is 5. The monoisotopic (exact) mass is 483 g/mol. The molecule has 0 aliphatic carbocycles. The molecule has 0 fully saturated rings. The molecule has 2 heterocycles. The van der Waals surface area contributed by atoms with Gasteiger partial charge in [0.25, 0.3) is 5.91 Å². The number of ether oxygens (including phenoxy) is 1. The Labute approximate surface area is 188 Å². The van der Waals surface area contributed by atoms with Crippen LogP contribution >= 0.6 is 15.9 Å². The Morgan fingerprint density at radius 3 is 2.77 bits per heavy atom. The molecule has 4 rings (SSSR count). The molecule has 1 atom stereocenters. The van der Waals surface area contributed by atoms with Crippen molar-refractivity contribution in [1.82, 2.24) is 4.90 Å². The fraction of sp³-hybridized carbons (Fsp3) is 0.250. The van der Waals surface area contributed by atoms with Gasteiger partial charge in [-0.3, -0.25) is 9.59 Å². The van der Waals surface area contributed by atoms with Gasteiger partial charge in [0.15, 0.2) is 11.5 Å². The summed E-state index contributed by atoms with van der Waals surface area (Å²) in [7, 11) is 1.59. The molecule has 0 saturated heterocycles. The van der Waals surface area contributed by atoms with Crippen LogP contribution in [0.15, 0.2) is 68.8 Å². The van der Waals surface area contributed by atoms with Crippen molar-refractivity contribution in [3.8, 4) is 0 Å². The summed E-state index contributed by atoms with van der Waals surface area (Å²) >= 11 is 3.41. The largest absolute Gasteiger partial charge is 0.503 e. The molecule has 6 nitrogen and oxygen atoms in total. The molecule has 1 amide bonds. The quantitative estimate of drug-likeness (QED) is 0.372. The van der Waals surface area contributed by atoms with Crippen LogP contribution in [0.3, 0.4) is 0 Å². The van der Waals surface area contributed by atoms with E-state index in [1.165, 1.54) is 4.90 Å². The van der Waals surface area contributed by atoms with Gasteiger partial charge in [-0.15, -0.1) is 0 Å². The SMILES string of the molecule is COCCCN1C(=O)C(O)=C(C(=O)c2cc3cc(Br)ccc3o2)C1c1cccc(C)c1. The van der Waals surface area contributed by atoms with Crippen molar-refractivity contribution in [3.63, 3.8) is 0 Å². The number of aliphatic hydroxyl groups is 1. The zero-order valence-corrected chi connectivity index (χ0v) is 18.8. The molecule has 0 spiro atoms. The molecular weight excluding hydrogens is 462 g/mol. The van der Waals surface area contributed by atoms with Crippen LogP contribution in [-0.2, 0) is 9.53 Å². The summed E-state index contributed by atoms with van der Waals surface area (Å²) in [6.07, 6.45) is 0.581. The number of hydrogen-bond donors (Lipinski definition) is 1. The summed E-state index contributed by atoms with van der Waals surface area (Å²) in [5.74, 6) is -1.52. The molecule has 1 aliphatic heterocycles.